The monoisotopic (exact) mass is 584 g/mol. The summed E-state index contributed by atoms with van der Waals surface area (Å²) in [4.78, 5) is 0. The van der Waals surface area contributed by atoms with E-state index >= 15 is 0 Å². The lowest BCUT2D eigenvalue weighted by molar-refractivity contribution is 0.227. The summed E-state index contributed by atoms with van der Waals surface area (Å²) in [5, 5.41) is 19.2. The van der Waals surface area contributed by atoms with Gasteiger partial charge in [0, 0.05) is 23.3 Å². The number of hydrogen-bond donors (Lipinski definition) is 0. The summed E-state index contributed by atoms with van der Waals surface area (Å²) in [6, 6.07) is 23.0. The van der Waals surface area contributed by atoms with Gasteiger partial charge in [0.25, 0.3) is 0 Å². The molecule has 0 saturated carbocycles. The highest BCUT2D eigenvalue weighted by molar-refractivity contribution is 5.62. The molecule has 226 valence electrons. The smallest absolute Gasteiger partial charge is 0.136 e. The average molecular weight is 585 g/mol. The number of hydrogen-bond acceptors (Lipinski definition) is 4. The van der Waals surface area contributed by atoms with Crippen LogP contribution in [0.5, 0.6) is 11.5 Å². The third-order valence-corrected chi connectivity index (χ3v) is 7.88. The van der Waals surface area contributed by atoms with Gasteiger partial charge in [-0.25, -0.2) is 0 Å². The molecule has 4 heteroatoms. The number of nitriles is 2. The van der Waals surface area contributed by atoms with E-state index in [1.54, 1.807) is 12.1 Å². The number of ether oxygens (including phenoxy) is 2. The summed E-state index contributed by atoms with van der Waals surface area (Å²) in [5.41, 5.74) is 3.79. The Balaban J connectivity index is 2.12. The van der Waals surface area contributed by atoms with E-state index in [4.69, 9.17) is 9.47 Å². The van der Waals surface area contributed by atoms with Crippen LogP contribution in [0.4, 0.5) is 0 Å². The van der Waals surface area contributed by atoms with Crippen molar-refractivity contribution in [2.45, 2.75) is 79.1 Å². The molecular weight excluding hydrogens is 540 g/mol. The molecular formula is C40H44N2O2. The number of unbranched alkanes of at least 4 members (excludes halogenated alkanes) is 2. The molecule has 0 N–H and O–H groups in total. The normalized spacial score (nSPS) is 11.5. The van der Waals surface area contributed by atoms with E-state index in [-0.39, 0.29) is 0 Å². The molecule has 0 spiro atoms. The fraction of sp³-hybridized carbons (Fsp3) is 0.400. The number of benzene rings is 3. The van der Waals surface area contributed by atoms with Gasteiger partial charge in [-0.1, -0.05) is 114 Å². The lowest BCUT2D eigenvalue weighted by Gasteiger charge is -2.19. The van der Waals surface area contributed by atoms with Crippen molar-refractivity contribution in [3.05, 3.63) is 94.0 Å². The summed E-state index contributed by atoms with van der Waals surface area (Å²) in [6.45, 7) is 9.98. The van der Waals surface area contributed by atoms with Crippen LogP contribution < -0.4 is 9.47 Å². The largest absolute Gasteiger partial charge is 0.492 e. The van der Waals surface area contributed by atoms with Gasteiger partial charge in [-0.15, -0.1) is 0 Å². The maximum Gasteiger partial charge on any atom is 0.136 e. The Bertz CT molecular complexity index is 1450. The van der Waals surface area contributed by atoms with Gasteiger partial charge in [0.15, 0.2) is 0 Å². The zero-order chi connectivity index (χ0) is 31.6. The van der Waals surface area contributed by atoms with Crippen molar-refractivity contribution in [2.24, 2.45) is 11.8 Å². The van der Waals surface area contributed by atoms with Crippen molar-refractivity contribution in [2.75, 3.05) is 13.2 Å². The summed E-state index contributed by atoms with van der Waals surface area (Å²) >= 11 is 0. The van der Waals surface area contributed by atoms with Crippen LogP contribution in [0.25, 0.3) is 0 Å². The summed E-state index contributed by atoms with van der Waals surface area (Å²) < 4.78 is 13.0. The van der Waals surface area contributed by atoms with E-state index in [0.29, 0.717) is 69.9 Å². The Kier molecular flexibility index (Phi) is 14.5. The second-order valence-electron chi connectivity index (χ2n) is 11.1. The first-order valence-electron chi connectivity index (χ1n) is 16.0. The van der Waals surface area contributed by atoms with Gasteiger partial charge < -0.3 is 9.47 Å². The van der Waals surface area contributed by atoms with Crippen LogP contribution in [0.2, 0.25) is 0 Å². The fourth-order valence-corrected chi connectivity index (χ4v) is 4.85. The van der Waals surface area contributed by atoms with Gasteiger partial charge in [-0.2, -0.15) is 10.5 Å². The van der Waals surface area contributed by atoms with Gasteiger partial charge in [-0.05, 0) is 48.9 Å². The van der Waals surface area contributed by atoms with Gasteiger partial charge in [0.1, 0.15) is 23.6 Å². The van der Waals surface area contributed by atoms with E-state index < -0.39 is 0 Å². The zero-order valence-electron chi connectivity index (χ0n) is 26.7. The second-order valence-corrected chi connectivity index (χ2v) is 11.1. The molecule has 4 nitrogen and oxygen atoms in total. The Hall–Kier alpha value is -4.64. The van der Waals surface area contributed by atoms with Crippen LogP contribution in [0, 0.1) is 58.2 Å². The van der Waals surface area contributed by atoms with E-state index in [1.165, 1.54) is 0 Å². The Morgan fingerprint density at radius 1 is 0.545 bits per heavy atom. The number of nitrogens with zero attached hydrogens (tertiary/aromatic N) is 2. The predicted molar refractivity (Wildman–Crippen MR) is 178 cm³/mol. The van der Waals surface area contributed by atoms with Crippen molar-refractivity contribution in [3.8, 4) is 47.3 Å². The lowest BCUT2D eigenvalue weighted by Crippen LogP contribution is -2.13. The van der Waals surface area contributed by atoms with Crippen molar-refractivity contribution < 1.29 is 9.47 Å². The Morgan fingerprint density at radius 3 is 1.25 bits per heavy atom. The van der Waals surface area contributed by atoms with Crippen LogP contribution in [-0.4, -0.2) is 13.2 Å². The minimum Gasteiger partial charge on any atom is -0.492 e. The predicted octanol–water partition coefficient (Wildman–Crippen LogP) is 9.42. The molecule has 0 aromatic heterocycles. The summed E-state index contributed by atoms with van der Waals surface area (Å²) in [5.74, 6) is 15.1. The van der Waals surface area contributed by atoms with Crippen molar-refractivity contribution in [1.29, 1.82) is 10.5 Å². The molecule has 0 aliphatic carbocycles. The third kappa shape index (κ3) is 10.3. The standard InChI is InChI=1S/C40H44N2O2/c1-5-9-15-31(7-3)29-43-39-25-36(24-22-34-18-12-14-20-38(34)28-42)40(44-30-32(8-4)16-10-6-2)26-35(39)23-21-33-17-11-13-19-37(33)27-41/h11-14,17-20,25-26,31-32H,5-10,15-16,29-30H2,1-4H3. The van der Waals surface area contributed by atoms with Gasteiger partial charge in [0.2, 0.25) is 0 Å². The zero-order valence-corrected chi connectivity index (χ0v) is 26.7. The molecule has 0 heterocycles. The molecule has 0 amide bonds. The first-order chi connectivity index (χ1) is 21.6. The summed E-state index contributed by atoms with van der Waals surface area (Å²) in [7, 11) is 0. The van der Waals surface area contributed by atoms with Crippen molar-refractivity contribution in [3.63, 3.8) is 0 Å². The minimum atomic E-state index is 0.437. The lowest BCUT2D eigenvalue weighted by atomic mass is 10.00. The van der Waals surface area contributed by atoms with E-state index in [2.05, 4.69) is 63.5 Å². The Morgan fingerprint density at radius 2 is 0.909 bits per heavy atom. The van der Waals surface area contributed by atoms with Gasteiger partial charge in [-0.3, -0.25) is 0 Å². The van der Waals surface area contributed by atoms with Crippen LogP contribution in [-0.2, 0) is 0 Å². The molecule has 3 aromatic carbocycles. The Labute approximate surface area is 265 Å². The van der Waals surface area contributed by atoms with Crippen LogP contribution >= 0.6 is 0 Å². The van der Waals surface area contributed by atoms with Crippen LogP contribution in [0.15, 0.2) is 60.7 Å². The molecule has 0 aliphatic heterocycles. The first kappa shape index (κ1) is 33.9. The van der Waals surface area contributed by atoms with Crippen LogP contribution in [0.1, 0.15) is 112 Å². The molecule has 0 radical (unpaired) electrons. The molecule has 44 heavy (non-hydrogen) atoms. The molecule has 0 bridgehead atoms. The average Bonchev–Trinajstić information content (AvgIpc) is 3.07. The maximum atomic E-state index is 9.59. The molecule has 0 fully saturated rings. The topological polar surface area (TPSA) is 66.0 Å². The summed E-state index contributed by atoms with van der Waals surface area (Å²) in [6.07, 6.45) is 8.92. The second kappa shape index (κ2) is 18.8. The number of rotatable bonds is 14. The molecule has 0 aliphatic rings. The quantitative estimate of drug-likeness (QED) is 0.177. The molecule has 0 saturated heterocycles. The SMILES string of the molecule is CCCCC(CC)COc1cc(C#Cc2ccccc2C#N)c(OCC(CC)CCCC)cc1C#Cc1ccccc1C#N. The minimum absolute atomic E-state index is 0.437. The highest BCUT2D eigenvalue weighted by Gasteiger charge is 2.15. The van der Waals surface area contributed by atoms with Crippen molar-refractivity contribution in [1.82, 2.24) is 0 Å². The first-order valence-corrected chi connectivity index (χ1v) is 16.0. The molecule has 2 unspecified atom stereocenters. The highest BCUT2D eigenvalue weighted by atomic mass is 16.5. The maximum absolute atomic E-state index is 9.59. The third-order valence-electron chi connectivity index (χ3n) is 7.88. The molecule has 3 aromatic rings. The van der Waals surface area contributed by atoms with E-state index in [9.17, 15) is 10.5 Å². The van der Waals surface area contributed by atoms with Gasteiger partial charge >= 0.3 is 0 Å². The molecule has 2 atom stereocenters. The fourth-order valence-electron chi connectivity index (χ4n) is 4.85. The highest BCUT2D eigenvalue weighted by Crippen LogP contribution is 2.31. The van der Waals surface area contributed by atoms with Gasteiger partial charge in [0.05, 0.1) is 35.5 Å². The van der Waals surface area contributed by atoms with E-state index in [0.717, 1.165) is 51.4 Å². The van der Waals surface area contributed by atoms with Crippen molar-refractivity contribution >= 4 is 0 Å². The van der Waals surface area contributed by atoms with Crippen LogP contribution in [0.3, 0.4) is 0 Å². The molecule has 3 rings (SSSR count). The van der Waals surface area contributed by atoms with E-state index in [1.807, 2.05) is 48.5 Å².